The summed E-state index contributed by atoms with van der Waals surface area (Å²) in [5.41, 5.74) is 6.84. The summed E-state index contributed by atoms with van der Waals surface area (Å²) in [6.45, 7) is 0.676. The van der Waals surface area contributed by atoms with Crippen LogP contribution in [0.15, 0.2) is 61.2 Å². The Bertz CT molecular complexity index is 543. The van der Waals surface area contributed by atoms with Gasteiger partial charge in [0.25, 0.3) is 0 Å². The number of hydrogen-bond acceptors (Lipinski definition) is 2. The maximum absolute atomic E-state index is 5.58. The monoisotopic (exact) mass is 385 g/mol. The molecule has 0 bridgehead atoms. The van der Waals surface area contributed by atoms with Crippen molar-refractivity contribution in [3.05, 3.63) is 57.0 Å². The van der Waals surface area contributed by atoms with E-state index in [-0.39, 0.29) is 0 Å². The van der Waals surface area contributed by atoms with Gasteiger partial charge < -0.3 is 5.73 Å². The van der Waals surface area contributed by atoms with Gasteiger partial charge in [-0.05, 0) is 58.7 Å². The molecule has 0 atom stereocenters. The van der Waals surface area contributed by atoms with E-state index >= 15 is 0 Å². The van der Waals surface area contributed by atoms with Crippen molar-refractivity contribution in [2.24, 2.45) is 5.73 Å². The summed E-state index contributed by atoms with van der Waals surface area (Å²) in [7, 11) is 0. The van der Waals surface area contributed by atoms with Crippen LogP contribution in [0.4, 0.5) is 0 Å². The summed E-state index contributed by atoms with van der Waals surface area (Å²) < 4.78 is 2.25. The van der Waals surface area contributed by atoms with E-state index in [0.717, 1.165) is 15.4 Å². The lowest BCUT2D eigenvalue weighted by Crippen LogP contribution is -2.03. The highest BCUT2D eigenvalue weighted by Gasteiger charge is 2.04. The Morgan fingerprint density at radius 3 is 2.44 bits per heavy atom. The molecule has 18 heavy (non-hydrogen) atoms. The van der Waals surface area contributed by atoms with E-state index in [2.05, 4.69) is 62.2 Å². The van der Waals surface area contributed by atoms with E-state index < -0.39 is 0 Å². The minimum atomic E-state index is 0.676. The highest BCUT2D eigenvalue weighted by molar-refractivity contribution is 9.10. The van der Waals surface area contributed by atoms with Gasteiger partial charge >= 0.3 is 0 Å². The number of nitrogens with two attached hydrogens (primary N) is 1. The van der Waals surface area contributed by atoms with Gasteiger partial charge in [0.15, 0.2) is 0 Å². The molecule has 0 aliphatic heterocycles. The van der Waals surface area contributed by atoms with Gasteiger partial charge in [-0.25, -0.2) is 0 Å². The molecule has 0 aliphatic rings. The molecule has 0 spiro atoms. The van der Waals surface area contributed by atoms with Gasteiger partial charge in [0.2, 0.25) is 0 Å². The second-order valence-electron chi connectivity index (χ2n) is 3.82. The first-order chi connectivity index (χ1) is 8.70. The summed E-state index contributed by atoms with van der Waals surface area (Å²) in [5.74, 6) is 0. The molecular formula is C14H13Br2NS. The van der Waals surface area contributed by atoms with Crippen LogP contribution in [0, 0.1) is 0 Å². The topological polar surface area (TPSA) is 26.0 Å². The average molecular weight is 387 g/mol. The first kappa shape index (κ1) is 14.1. The minimum absolute atomic E-state index is 0.676. The molecule has 0 heterocycles. The van der Waals surface area contributed by atoms with Crippen molar-refractivity contribution in [2.45, 2.75) is 16.2 Å². The molecule has 0 aliphatic carbocycles. The molecule has 2 rings (SSSR count). The van der Waals surface area contributed by atoms with Crippen molar-refractivity contribution in [3.8, 4) is 0 Å². The van der Waals surface area contributed by atoms with Crippen LogP contribution in [-0.4, -0.2) is 6.54 Å². The van der Waals surface area contributed by atoms with Crippen LogP contribution < -0.4 is 5.73 Å². The summed E-state index contributed by atoms with van der Waals surface area (Å²) in [6, 6.07) is 14.7. The van der Waals surface area contributed by atoms with E-state index in [4.69, 9.17) is 5.73 Å². The summed E-state index contributed by atoms with van der Waals surface area (Å²) in [5, 5.41) is 0. The molecule has 94 valence electrons. The predicted molar refractivity (Wildman–Crippen MR) is 85.2 cm³/mol. The Hall–Kier alpha value is -0.290. The Kier molecular flexibility index (Phi) is 5.30. The maximum atomic E-state index is 5.58. The number of rotatable bonds is 4. The lowest BCUT2D eigenvalue weighted by molar-refractivity contribution is 0.960. The number of benzene rings is 2. The lowest BCUT2D eigenvalue weighted by Gasteiger charge is -2.07. The van der Waals surface area contributed by atoms with Crippen LogP contribution in [0.1, 0.15) is 5.56 Å². The molecule has 0 saturated heterocycles. The molecule has 0 saturated carbocycles. The zero-order chi connectivity index (χ0) is 13.0. The largest absolute Gasteiger partial charge is 0.330 e. The maximum Gasteiger partial charge on any atom is 0.0314 e. The van der Waals surface area contributed by atoms with Crippen LogP contribution in [0.25, 0.3) is 0 Å². The molecule has 0 radical (unpaired) electrons. The van der Waals surface area contributed by atoms with Crippen molar-refractivity contribution < 1.29 is 0 Å². The van der Waals surface area contributed by atoms with E-state index in [1.54, 1.807) is 11.8 Å². The van der Waals surface area contributed by atoms with E-state index in [9.17, 15) is 0 Å². The van der Waals surface area contributed by atoms with Gasteiger partial charge in [-0.3, -0.25) is 0 Å². The lowest BCUT2D eigenvalue weighted by atomic mass is 10.1. The highest BCUT2D eigenvalue weighted by Crippen LogP contribution is 2.35. The van der Waals surface area contributed by atoms with Crippen molar-refractivity contribution >= 4 is 43.6 Å². The van der Waals surface area contributed by atoms with Crippen LogP contribution >= 0.6 is 43.6 Å². The van der Waals surface area contributed by atoms with Gasteiger partial charge in [0, 0.05) is 18.7 Å². The van der Waals surface area contributed by atoms with Gasteiger partial charge in [0.05, 0.1) is 0 Å². The van der Waals surface area contributed by atoms with Crippen LogP contribution in [0.2, 0.25) is 0 Å². The molecule has 0 amide bonds. The molecule has 0 fully saturated rings. The summed E-state index contributed by atoms with van der Waals surface area (Å²) >= 11 is 8.91. The third kappa shape index (κ3) is 3.60. The average Bonchev–Trinajstić information content (AvgIpc) is 2.36. The molecule has 4 heteroatoms. The second kappa shape index (κ2) is 6.75. The van der Waals surface area contributed by atoms with E-state index in [1.807, 2.05) is 12.1 Å². The van der Waals surface area contributed by atoms with Crippen molar-refractivity contribution in [2.75, 3.05) is 6.54 Å². The fraction of sp³-hybridized carbons (Fsp3) is 0.143. The first-order valence-corrected chi connectivity index (χ1v) is 8.02. The van der Waals surface area contributed by atoms with Gasteiger partial charge in [-0.1, -0.05) is 45.9 Å². The van der Waals surface area contributed by atoms with Crippen LogP contribution in [0.3, 0.4) is 0 Å². The van der Waals surface area contributed by atoms with Gasteiger partial charge in [-0.2, -0.15) is 0 Å². The smallest absolute Gasteiger partial charge is 0.0314 e. The zero-order valence-corrected chi connectivity index (χ0v) is 13.7. The van der Waals surface area contributed by atoms with Crippen LogP contribution in [-0.2, 0) is 6.42 Å². The standard InChI is InChI=1S/C14H13Br2NS/c15-12-3-1-2-4-14(12)18-11-6-5-10(7-8-17)13(16)9-11/h1-6,9H,7-8,17H2. The normalized spacial score (nSPS) is 10.6. The summed E-state index contributed by atoms with van der Waals surface area (Å²) in [4.78, 5) is 2.44. The third-order valence-electron chi connectivity index (χ3n) is 2.50. The Morgan fingerprint density at radius 2 is 1.78 bits per heavy atom. The SMILES string of the molecule is NCCc1ccc(Sc2ccccc2Br)cc1Br. The molecule has 2 aromatic rings. The predicted octanol–water partition coefficient (Wildman–Crippen LogP) is 4.86. The summed E-state index contributed by atoms with van der Waals surface area (Å²) in [6.07, 6.45) is 0.903. The van der Waals surface area contributed by atoms with Crippen molar-refractivity contribution in [3.63, 3.8) is 0 Å². The van der Waals surface area contributed by atoms with Crippen molar-refractivity contribution in [1.82, 2.24) is 0 Å². The fourth-order valence-corrected chi connectivity index (χ4v) is 3.74. The van der Waals surface area contributed by atoms with Crippen LogP contribution in [0.5, 0.6) is 0 Å². The molecular weight excluding hydrogens is 374 g/mol. The van der Waals surface area contributed by atoms with E-state index in [1.165, 1.54) is 15.4 Å². The quantitative estimate of drug-likeness (QED) is 0.811. The number of hydrogen-bond donors (Lipinski definition) is 1. The first-order valence-electron chi connectivity index (χ1n) is 5.61. The molecule has 0 unspecified atom stereocenters. The van der Waals surface area contributed by atoms with Gasteiger partial charge in [-0.15, -0.1) is 0 Å². The highest BCUT2D eigenvalue weighted by atomic mass is 79.9. The minimum Gasteiger partial charge on any atom is -0.330 e. The van der Waals surface area contributed by atoms with Crippen molar-refractivity contribution in [1.29, 1.82) is 0 Å². The number of halogens is 2. The third-order valence-corrected chi connectivity index (χ3v) is 5.26. The Morgan fingerprint density at radius 1 is 1.00 bits per heavy atom. The second-order valence-corrected chi connectivity index (χ2v) is 6.65. The molecule has 1 nitrogen and oxygen atoms in total. The molecule has 0 aromatic heterocycles. The van der Waals surface area contributed by atoms with E-state index in [0.29, 0.717) is 6.54 Å². The fourth-order valence-electron chi connectivity index (χ4n) is 1.60. The Labute approximate surface area is 128 Å². The molecule has 2 aromatic carbocycles. The zero-order valence-electron chi connectivity index (χ0n) is 9.70. The Balaban J connectivity index is 2.20. The molecule has 2 N–H and O–H groups in total. The van der Waals surface area contributed by atoms with Gasteiger partial charge in [0.1, 0.15) is 0 Å².